The van der Waals surface area contributed by atoms with Gasteiger partial charge in [-0.1, -0.05) is 18.2 Å². The van der Waals surface area contributed by atoms with Crippen molar-refractivity contribution >= 4 is 11.9 Å². The molecule has 1 aliphatic carbocycles. The summed E-state index contributed by atoms with van der Waals surface area (Å²) in [4.78, 5) is 23.7. The second-order valence-electron chi connectivity index (χ2n) is 5.59. The van der Waals surface area contributed by atoms with E-state index in [4.69, 9.17) is 4.74 Å². The Morgan fingerprint density at radius 1 is 1.18 bits per heavy atom. The van der Waals surface area contributed by atoms with Crippen LogP contribution >= 0.6 is 0 Å². The van der Waals surface area contributed by atoms with E-state index in [-0.39, 0.29) is 18.9 Å². The number of benzene rings is 1. The van der Waals surface area contributed by atoms with Gasteiger partial charge in [-0.15, -0.1) is 0 Å². The van der Waals surface area contributed by atoms with E-state index in [1.54, 1.807) is 0 Å². The van der Waals surface area contributed by atoms with Crippen LogP contribution in [0.3, 0.4) is 0 Å². The third-order valence-corrected chi connectivity index (χ3v) is 3.93. The second-order valence-corrected chi connectivity index (χ2v) is 5.59. The molecule has 1 aliphatic rings. The lowest BCUT2D eigenvalue weighted by Gasteiger charge is -2.18. The zero-order valence-electron chi connectivity index (χ0n) is 13.2. The van der Waals surface area contributed by atoms with Gasteiger partial charge in [0.2, 0.25) is 5.91 Å². The van der Waals surface area contributed by atoms with Crippen LogP contribution < -0.4 is 5.32 Å². The zero-order valence-corrected chi connectivity index (χ0v) is 13.2. The minimum absolute atomic E-state index is 0.0998. The molecule has 5 heteroatoms. The standard InChI is InChI=1S/C17H23NO4/c1-21-11-15(17(20)22-2)18-16(19)10-12-7-8-13-5-3-4-6-14(13)9-12/h7-9,15H,3-6,10-11H2,1-2H3,(H,18,19)/t15-/m0/s1. The zero-order chi connectivity index (χ0) is 15.9. The monoisotopic (exact) mass is 305 g/mol. The summed E-state index contributed by atoms with van der Waals surface area (Å²) in [7, 11) is 2.77. The molecule has 1 N–H and O–H groups in total. The summed E-state index contributed by atoms with van der Waals surface area (Å²) in [6, 6.07) is 5.45. The van der Waals surface area contributed by atoms with E-state index in [0.29, 0.717) is 0 Å². The average Bonchev–Trinajstić information content (AvgIpc) is 2.53. The second kappa shape index (κ2) is 7.94. The summed E-state index contributed by atoms with van der Waals surface area (Å²) in [5.74, 6) is -0.705. The van der Waals surface area contributed by atoms with Crippen LogP contribution in [0.1, 0.15) is 29.5 Å². The first kappa shape index (κ1) is 16.5. The highest BCUT2D eigenvalue weighted by molar-refractivity contribution is 5.85. The molecule has 0 saturated heterocycles. The molecule has 2 rings (SSSR count). The maximum Gasteiger partial charge on any atom is 0.330 e. The van der Waals surface area contributed by atoms with Gasteiger partial charge in [0, 0.05) is 7.11 Å². The Labute approximate surface area is 131 Å². The topological polar surface area (TPSA) is 64.6 Å². The van der Waals surface area contributed by atoms with Crippen LogP contribution in [-0.4, -0.2) is 38.7 Å². The molecule has 120 valence electrons. The number of amides is 1. The van der Waals surface area contributed by atoms with Gasteiger partial charge < -0.3 is 14.8 Å². The third-order valence-electron chi connectivity index (χ3n) is 3.93. The van der Waals surface area contributed by atoms with Crippen LogP contribution in [0.25, 0.3) is 0 Å². The number of aryl methyl sites for hydroxylation is 2. The van der Waals surface area contributed by atoms with Crippen molar-refractivity contribution in [3.63, 3.8) is 0 Å². The first-order valence-corrected chi connectivity index (χ1v) is 7.61. The quantitative estimate of drug-likeness (QED) is 0.807. The highest BCUT2D eigenvalue weighted by Crippen LogP contribution is 2.22. The Hall–Kier alpha value is -1.88. The molecule has 1 aromatic carbocycles. The first-order valence-electron chi connectivity index (χ1n) is 7.61. The van der Waals surface area contributed by atoms with Gasteiger partial charge in [-0.05, 0) is 42.4 Å². The fourth-order valence-corrected chi connectivity index (χ4v) is 2.81. The number of esters is 1. The summed E-state index contributed by atoms with van der Waals surface area (Å²) in [6.07, 6.45) is 4.91. The van der Waals surface area contributed by atoms with Crippen LogP contribution in [0.5, 0.6) is 0 Å². The van der Waals surface area contributed by atoms with Crippen molar-refractivity contribution in [1.29, 1.82) is 0 Å². The summed E-state index contributed by atoms with van der Waals surface area (Å²) in [6.45, 7) is 0.0998. The summed E-state index contributed by atoms with van der Waals surface area (Å²) in [5.41, 5.74) is 3.71. The van der Waals surface area contributed by atoms with Crippen molar-refractivity contribution in [2.45, 2.75) is 38.1 Å². The molecular formula is C17H23NO4. The number of hydrogen-bond donors (Lipinski definition) is 1. The minimum Gasteiger partial charge on any atom is -0.467 e. The molecule has 1 amide bonds. The van der Waals surface area contributed by atoms with E-state index in [0.717, 1.165) is 18.4 Å². The van der Waals surface area contributed by atoms with Gasteiger partial charge in [0.05, 0.1) is 20.1 Å². The molecule has 0 heterocycles. The van der Waals surface area contributed by atoms with Crippen molar-refractivity contribution in [3.8, 4) is 0 Å². The van der Waals surface area contributed by atoms with Crippen molar-refractivity contribution < 1.29 is 19.1 Å². The lowest BCUT2D eigenvalue weighted by atomic mass is 9.90. The molecule has 1 atom stereocenters. The maximum atomic E-state index is 12.1. The van der Waals surface area contributed by atoms with Crippen molar-refractivity contribution in [3.05, 3.63) is 34.9 Å². The molecule has 0 radical (unpaired) electrons. The molecule has 0 saturated carbocycles. The van der Waals surface area contributed by atoms with Gasteiger partial charge >= 0.3 is 5.97 Å². The molecule has 22 heavy (non-hydrogen) atoms. The van der Waals surface area contributed by atoms with Gasteiger partial charge in [0.25, 0.3) is 0 Å². The number of ether oxygens (including phenoxy) is 2. The van der Waals surface area contributed by atoms with Crippen molar-refractivity contribution in [1.82, 2.24) is 5.32 Å². The molecule has 0 bridgehead atoms. The predicted molar refractivity (Wildman–Crippen MR) is 82.6 cm³/mol. The van der Waals surface area contributed by atoms with Crippen LogP contribution in [0.2, 0.25) is 0 Å². The SMILES string of the molecule is COC[C@H](NC(=O)Cc1ccc2c(c1)CCCC2)C(=O)OC. The summed E-state index contributed by atoms with van der Waals surface area (Å²) < 4.78 is 9.59. The van der Waals surface area contributed by atoms with Crippen LogP contribution in [0.15, 0.2) is 18.2 Å². The maximum absolute atomic E-state index is 12.1. The number of nitrogens with one attached hydrogen (secondary N) is 1. The van der Waals surface area contributed by atoms with Crippen molar-refractivity contribution in [2.75, 3.05) is 20.8 Å². The van der Waals surface area contributed by atoms with Gasteiger partial charge in [-0.25, -0.2) is 4.79 Å². The number of hydrogen-bond acceptors (Lipinski definition) is 4. The predicted octanol–water partition coefficient (Wildman–Crippen LogP) is 1.41. The van der Waals surface area contributed by atoms with Crippen LogP contribution in [0.4, 0.5) is 0 Å². The van der Waals surface area contributed by atoms with Gasteiger partial charge in [-0.3, -0.25) is 4.79 Å². The van der Waals surface area contributed by atoms with Gasteiger partial charge in [0.15, 0.2) is 6.04 Å². The average molecular weight is 305 g/mol. The molecule has 0 aromatic heterocycles. The number of rotatable bonds is 6. The van der Waals surface area contributed by atoms with Gasteiger partial charge in [-0.2, -0.15) is 0 Å². The Morgan fingerprint density at radius 3 is 2.59 bits per heavy atom. The highest BCUT2D eigenvalue weighted by Gasteiger charge is 2.21. The summed E-state index contributed by atoms with van der Waals surface area (Å²) >= 11 is 0. The van der Waals surface area contributed by atoms with Crippen LogP contribution in [0, 0.1) is 0 Å². The Morgan fingerprint density at radius 2 is 1.91 bits per heavy atom. The lowest BCUT2D eigenvalue weighted by Crippen LogP contribution is -2.45. The smallest absolute Gasteiger partial charge is 0.330 e. The lowest BCUT2D eigenvalue weighted by molar-refractivity contribution is -0.146. The van der Waals surface area contributed by atoms with E-state index >= 15 is 0 Å². The number of fused-ring (bicyclic) bond motifs is 1. The largest absolute Gasteiger partial charge is 0.467 e. The molecule has 0 unspecified atom stereocenters. The van der Waals surface area contributed by atoms with E-state index in [2.05, 4.69) is 22.2 Å². The molecule has 0 aliphatic heterocycles. The summed E-state index contributed by atoms with van der Waals surface area (Å²) in [5, 5.41) is 2.66. The fraction of sp³-hybridized carbons (Fsp3) is 0.529. The highest BCUT2D eigenvalue weighted by atomic mass is 16.5. The third kappa shape index (κ3) is 4.31. The normalized spacial score (nSPS) is 14.8. The molecule has 5 nitrogen and oxygen atoms in total. The molecule has 1 aromatic rings. The minimum atomic E-state index is -0.764. The van der Waals surface area contributed by atoms with Crippen LogP contribution in [-0.2, 0) is 38.3 Å². The van der Waals surface area contributed by atoms with E-state index < -0.39 is 12.0 Å². The molecular weight excluding hydrogens is 282 g/mol. The first-order chi connectivity index (χ1) is 10.6. The Bertz CT molecular complexity index is 541. The fourth-order valence-electron chi connectivity index (χ4n) is 2.81. The molecule has 0 fully saturated rings. The van der Waals surface area contributed by atoms with E-state index in [1.807, 2.05) is 6.07 Å². The number of carbonyl (C=O) groups is 2. The van der Waals surface area contributed by atoms with Gasteiger partial charge in [0.1, 0.15) is 0 Å². The molecule has 0 spiro atoms. The van der Waals surface area contributed by atoms with E-state index in [1.165, 1.54) is 38.2 Å². The Kier molecular flexibility index (Phi) is 5.95. The Balaban J connectivity index is 1.97. The number of carbonyl (C=O) groups excluding carboxylic acids is 2. The van der Waals surface area contributed by atoms with Crippen molar-refractivity contribution in [2.24, 2.45) is 0 Å². The number of methoxy groups -OCH3 is 2. The van der Waals surface area contributed by atoms with E-state index in [9.17, 15) is 9.59 Å².